The molecule has 1 heterocycles. The number of nitrogens with zero attached hydrogens (tertiary/aromatic N) is 1. The van der Waals surface area contributed by atoms with Crippen molar-refractivity contribution in [3.05, 3.63) is 59.7 Å². The first-order chi connectivity index (χ1) is 11.5. The Morgan fingerprint density at radius 3 is 2.71 bits per heavy atom. The van der Waals surface area contributed by atoms with Gasteiger partial charge in [0.15, 0.2) is 9.84 Å². The van der Waals surface area contributed by atoms with Gasteiger partial charge in [0.2, 0.25) is 5.91 Å². The molecule has 1 amide bonds. The van der Waals surface area contributed by atoms with Gasteiger partial charge in [-0.2, -0.15) is 0 Å². The summed E-state index contributed by atoms with van der Waals surface area (Å²) in [5, 5.41) is 0. The predicted molar refractivity (Wildman–Crippen MR) is 95.0 cm³/mol. The molecule has 3 rings (SSSR count). The van der Waals surface area contributed by atoms with Gasteiger partial charge in [0, 0.05) is 12.2 Å². The first-order valence-electron chi connectivity index (χ1n) is 8.21. The van der Waals surface area contributed by atoms with Crippen LogP contribution in [0, 0.1) is 0 Å². The molecule has 0 aromatic heterocycles. The SMILES string of the molecule is CCS(=O)(=O)c1cccc(CC(=O)N2CCCc3ccccc32)c1. The number of aryl methyl sites for hydroxylation is 1. The van der Waals surface area contributed by atoms with Crippen LogP contribution in [0.2, 0.25) is 0 Å². The van der Waals surface area contributed by atoms with Crippen molar-refractivity contribution in [3.63, 3.8) is 0 Å². The average Bonchev–Trinajstić information content (AvgIpc) is 2.61. The normalized spacial score (nSPS) is 14.3. The Bertz CT molecular complexity index is 858. The molecule has 5 heteroatoms. The topological polar surface area (TPSA) is 54.5 Å². The molecule has 1 aliphatic rings. The molecular formula is C19H21NO3S. The number of carbonyl (C=O) groups excluding carboxylic acids is 1. The fourth-order valence-corrected chi connectivity index (χ4v) is 4.03. The maximum absolute atomic E-state index is 12.7. The minimum Gasteiger partial charge on any atom is -0.312 e. The van der Waals surface area contributed by atoms with E-state index in [0.717, 1.165) is 24.1 Å². The highest BCUT2D eigenvalue weighted by atomic mass is 32.2. The maximum atomic E-state index is 12.7. The highest BCUT2D eigenvalue weighted by Crippen LogP contribution is 2.27. The van der Waals surface area contributed by atoms with E-state index in [-0.39, 0.29) is 23.0 Å². The van der Waals surface area contributed by atoms with Gasteiger partial charge in [0.25, 0.3) is 0 Å². The molecule has 126 valence electrons. The third-order valence-electron chi connectivity index (χ3n) is 4.40. The predicted octanol–water partition coefficient (Wildman–Crippen LogP) is 3.00. The molecule has 0 N–H and O–H groups in total. The van der Waals surface area contributed by atoms with E-state index in [1.165, 1.54) is 5.56 Å². The van der Waals surface area contributed by atoms with Crippen molar-refractivity contribution in [1.29, 1.82) is 0 Å². The Hall–Kier alpha value is -2.14. The van der Waals surface area contributed by atoms with Crippen molar-refractivity contribution < 1.29 is 13.2 Å². The first kappa shape index (κ1) is 16.7. The van der Waals surface area contributed by atoms with Gasteiger partial charge in [0.05, 0.1) is 17.1 Å². The van der Waals surface area contributed by atoms with Crippen molar-refractivity contribution >= 4 is 21.4 Å². The summed E-state index contributed by atoms with van der Waals surface area (Å²) in [5.74, 6) is 0.0670. The Balaban J connectivity index is 1.83. The summed E-state index contributed by atoms with van der Waals surface area (Å²) in [6.45, 7) is 2.33. The number of carbonyl (C=O) groups is 1. The molecule has 0 fully saturated rings. The number of fused-ring (bicyclic) bond motifs is 1. The number of anilines is 1. The summed E-state index contributed by atoms with van der Waals surface area (Å²) in [6.07, 6.45) is 2.15. The molecule has 0 saturated heterocycles. The van der Waals surface area contributed by atoms with Crippen LogP contribution in [0.15, 0.2) is 53.4 Å². The number of hydrogen-bond donors (Lipinski definition) is 0. The van der Waals surface area contributed by atoms with E-state index < -0.39 is 9.84 Å². The smallest absolute Gasteiger partial charge is 0.231 e. The van der Waals surface area contributed by atoms with Gasteiger partial charge in [-0.1, -0.05) is 37.3 Å². The zero-order valence-corrected chi connectivity index (χ0v) is 14.6. The number of amides is 1. The fourth-order valence-electron chi connectivity index (χ4n) is 3.08. The number of para-hydroxylation sites is 1. The van der Waals surface area contributed by atoms with Gasteiger partial charge >= 0.3 is 0 Å². The van der Waals surface area contributed by atoms with Crippen LogP contribution in [0.1, 0.15) is 24.5 Å². The van der Waals surface area contributed by atoms with Crippen molar-refractivity contribution in [2.75, 3.05) is 17.2 Å². The summed E-state index contributed by atoms with van der Waals surface area (Å²) in [5.41, 5.74) is 2.91. The molecule has 0 radical (unpaired) electrons. The highest BCUT2D eigenvalue weighted by molar-refractivity contribution is 7.91. The standard InChI is InChI=1S/C19H21NO3S/c1-2-24(22,23)17-10-5-7-15(13-17)14-19(21)20-12-6-9-16-8-3-4-11-18(16)20/h3-5,7-8,10-11,13H,2,6,9,12,14H2,1H3. The Morgan fingerprint density at radius 1 is 1.12 bits per heavy atom. The molecule has 2 aromatic rings. The summed E-state index contributed by atoms with van der Waals surface area (Å²) in [4.78, 5) is 14.8. The van der Waals surface area contributed by atoms with Crippen molar-refractivity contribution in [2.24, 2.45) is 0 Å². The molecule has 0 unspecified atom stereocenters. The largest absolute Gasteiger partial charge is 0.312 e. The van der Waals surface area contributed by atoms with E-state index in [2.05, 4.69) is 6.07 Å². The average molecular weight is 343 g/mol. The van der Waals surface area contributed by atoms with Crippen molar-refractivity contribution in [1.82, 2.24) is 0 Å². The molecule has 2 aromatic carbocycles. The number of sulfone groups is 1. The van der Waals surface area contributed by atoms with Crippen LogP contribution in [0.4, 0.5) is 5.69 Å². The molecule has 0 bridgehead atoms. The summed E-state index contributed by atoms with van der Waals surface area (Å²) in [6, 6.07) is 14.7. The molecule has 0 spiro atoms. The second-order valence-electron chi connectivity index (χ2n) is 6.01. The van der Waals surface area contributed by atoms with Gasteiger partial charge in [-0.3, -0.25) is 4.79 Å². The van der Waals surface area contributed by atoms with Crippen molar-refractivity contribution in [3.8, 4) is 0 Å². The van der Waals surface area contributed by atoms with Gasteiger partial charge in [-0.25, -0.2) is 8.42 Å². The zero-order valence-electron chi connectivity index (χ0n) is 13.7. The molecular weight excluding hydrogens is 322 g/mol. The summed E-state index contributed by atoms with van der Waals surface area (Å²) >= 11 is 0. The molecule has 4 nitrogen and oxygen atoms in total. The van der Waals surface area contributed by atoms with Crippen molar-refractivity contribution in [2.45, 2.75) is 31.1 Å². The second-order valence-corrected chi connectivity index (χ2v) is 8.28. The van der Waals surface area contributed by atoms with E-state index in [0.29, 0.717) is 6.54 Å². The third-order valence-corrected chi connectivity index (χ3v) is 6.14. The minimum absolute atomic E-state index is 0.00759. The Kier molecular flexibility index (Phi) is 4.71. The van der Waals surface area contributed by atoms with E-state index in [4.69, 9.17) is 0 Å². The zero-order chi connectivity index (χ0) is 17.2. The molecule has 0 atom stereocenters. The van der Waals surface area contributed by atoms with Gasteiger partial charge in [-0.05, 0) is 42.2 Å². The highest BCUT2D eigenvalue weighted by Gasteiger charge is 2.22. The monoisotopic (exact) mass is 343 g/mol. The molecule has 24 heavy (non-hydrogen) atoms. The molecule has 0 saturated carbocycles. The van der Waals surface area contributed by atoms with E-state index in [1.807, 2.05) is 29.2 Å². The van der Waals surface area contributed by atoms with Gasteiger partial charge in [0.1, 0.15) is 0 Å². The van der Waals surface area contributed by atoms with Crippen LogP contribution in [0.3, 0.4) is 0 Å². The lowest BCUT2D eigenvalue weighted by Crippen LogP contribution is -2.36. The second kappa shape index (κ2) is 6.77. The van der Waals surface area contributed by atoms with Gasteiger partial charge in [-0.15, -0.1) is 0 Å². The number of rotatable bonds is 4. The van der Waals surface area contributed by atoms with E-state index in [9.17, 15) is 13.2 Å². The number of benzene rings is 2. The van der Waals surface area contributed by atoms with Gasteiger partial charge < -0.3 is 4.90 Å². The lowest BCUT2D eigenvalue weighted by Gasteiger charge is -2.29. The van der Waals surface area contributed by atoms with E-state index in [1.54, 1.807) is 25.1 Å². The van der Waals surface area contributed by atoms with Crippen LogP contribution in [0.5, 0.6) is 0 Å². The third kappa shape index (κ3) is 3.36. The quantitative estimate of drug-likeness (QED) is 0.857. The van der Waals surface area contributed by atoms with E-state index >= 15 is 0 Å². The lowest BCUT2D eigenvalue weighted by molar-refractivity contribution is -0.118. The molecule has 0 aliphatic carbocycles. The lowest BCUT2D eigenvalue weighted by atomic mass is 10.0. The first-order valence-corrected chi connectivity index (χ1v) is 9.86. The number of hydrogen-bond acceptors (Lipinski definition) is 3. The fraction of sp³-hybridized carbons (Fsp3) is 0.316. The summed E-state index contributed by atoms with van der Waals surface area (Å²) < 4.78 is 24.0. The van der Waals surface area contributed by atoms with Crippen LogP contribution in [-0.2, 0) is 27.5 Å². The summed E-state index contributed by atoms with van der Waals surface area (Å²) in [7, 11) is -3.25. The van der Waals surface area contributed by atoms with Crippen LogP contribution in [0.25, 0.3) is 0 Å². The van der Waals surface area contributed by atoms with Crippen LogP contribution >= 0.6 is 0 Å². The Labute approximate surface area is 143 Å². The maximum Gasteiger partial charge on any atom is 0.231 e. The molecule has 1 aliphatic heterocycles. The van der Waals surface area contributed by atoms with Crippen LogP contribution in [-0.4, -0.2) is 26.6 Å². The Morgan fingerprint density at radius 2 is 1.92 bits per heavy atom. The minimum atomic E-state index is -3.25. The van der Waals surface area contributed by atoms with Crippen LogP contribution < -0.4 is 4.90 Å².